The molecule has 0 aromatic carbocycles. The number of hydrogen-bond donors (Lipinski definition) is 0. The second kappa shape index (κ2) is 8.61. The summed E-state index contributed by atoms with van der Waals surface area (Å²) in [5.74, 6) is 0. The second-order valence-electron chi connectivity index (χ2n) is 3.84. The van der Waals surface area contributed by atoms with Gasteiger partial charge >= 0.3 is 8.80 Å². The zero-order valence-corrected chi connectivity index (χ0v) is 13.2. The molecule has 0 saturated carbocycles. The van der Waals surface area contributed by atoms with Crippen molar-refractivity contribution in [3.8, 4) is 0 Å². The van der Waals surface area contributed by atoms with Crippen LogP contribution in [0.15, 0.2) is 30.6 Å². The second-order valence-corrected chi connectivity index (χ2v) is 6.94. The summed E-state index contributed by atoms with van der Waals surface area (Å²) >= 11 is 0. The maximum absolute atomic E-state index is 5.58. The van der Waals surface area contributed by atoms with Gasteiger partial charge in [-0.3, -0.25) is 0 Å². The Morgan fingerprint density at radius 3 is 1.89 bits per heavy atom. The molecule has 4 nitrogen and oxygen atoms in total. The predicted molar refractivity (Wildman–Crippen MR) is 67.4 cm³/mol. The van der Waals surface area contributed by atoms with Gasteiger partial charge in [0.15, 0.2) is 12.4 Å². The molecule has 0 N–H and O–H groups in total. The van der Waals surface area contributed by atoms with Gasteiger partial charge in [0.05, 0.1) is 0 Å². The third-order valence-corrected chi connectivity index (χ3v) is 6.03. The molecule has 1 atom stereocenters. The Labute approximate surface area is 117 Å². The van der Waals surface area contributed by atoms with Crippen molar-refractivity contribution in [1.82, 2.24) is 0 Å². The summed E-state index contributed by atoms with van der Waals surface area (Å²) in [7, 11) is 2.33. The molecule has 1 aromatic rings. The summed E-state index contributed by atoms with van der Waals surface area (Å²) in [4.78, 5) is 0. The minimum absolute atomic E-state index is 0. The van der Waals surface area contributed by atoms with Gasteiger partial charge < -0.3 is 25.7 Å². The topological polar surface area (TPSA) is 31.6 Å². The molecule has 18 heavy (non-hydrogen) atoms. The lowest BCUT2D eigenvalue weighted by molar-refractivity contribution is -0.710. The maximum Gasteiger partial charge on any atom is 0.572 e. The molecule has 0 aliphatic rings. The van der Waals surface area contributed by atoms with E-state index in [0.29, 0.717) is 0 Å². The van der Waals surface area contributed by atoms with E-state index in [4.69, 9.17) is 13.3 Å². The van der Waals surface area contributed by atoms with Crippen LogP contribution in [-0.4, -0.2) is 30.1 Å². The summed E-state index contributed by atoms with van der Waals surface area (Å²) in [5.41, 5.74) is 0.119. The van der Waals surface area contributed by atoms with Crippen LogP contribution >= 0.6 is 0 Å². The van der Waals surface area contributed by atoms with Crippen LogP contribution in [0, 0.1) is 0 Å². The van der Waals surface area contributed by atoms with Crippen molar-refractivity contribution >= 4 is 8.80 Å². The highest BCUT2D eigenvalue weighted by Crippen LogP contribution is 2.23. The van der Waals surface area contributed by atoms with E-state index in [1.54, 1.807) is 21.3 Å². The highest BCUT2D eigenvalue weighted by atomic mass is 35.5. The van der Waals surface area contributed by atoms with Crippen LogP contribution < -0.4 is 17.0 Å². The number of pyridine rings is 1. The zero-order chi connectivity index (χ0) is 12.7. The van der Waals surface area contributed by atoms with Gasteiger partial charge in [0.2, 0.25) is 5.67 Å². The lowest BCUT2D eigenvalue weighted by Crippen LogP contribution is -3.00. The molecule has 1 heterocycles. The highest BCUT2D eigenvalue weighted by Gasteiger charge is 2.53. The zero-order valence-electron chi connectivity index (χ0n) is 11.4. The van der Waals surface area contributed by atoms with Crippen molar-refractivity contribution < 1.29 is 30.3 Å². The van der Waals surface area contributed by atoms with Crippen molar-refractivity contribution in [2.45, 2.75) is 25.4 Å². The van der Waals surface area contributed by atoms with Crippen LogP contribution in [0.2, 0.25) is 0 Å². The Balaban J connectivity index is 0.00000289. The molecule has 0 aliphatic carbocycles. The largest absolute Gasteiger partial charge is 1.00 e. The first-order valence-electron chi connectivity index (χ1n) is 5.85. The van der Waals surface area contributed by atoms with Gasteiger partial charge in [0.25, 0.3) is 0 Å². The fourth-order valence-electron chi connectivity index (χ4n) is 2.06. The number of hydrogen-bond acceptors (Lipinski definition) is 3. The fourth-order valence-corrected chi connectivity index (χ4v) is 4.56. The minimum atomic E-state index is -2.65. The molecule has 1 unspecified atom stereocenters. The minimum Gasteiger partial charge on any atom is -1.00 e. The normalized spacial score (nSPS) is 12.9. The molecule has 1 rings (SSSR count). The summed E-state index contributed by atoms with van der Waals surface area (Å²) < 4.78 is 18.9. The number of aromatic nitrogens is 1. The van der Waals surface area contributed by atoms with Gasteiger partial charge in [-0.2, -0.15) is 4.57 Å². The summed E-state index contributed by atoms with van der Waals surface area (Å²) in [5, 5.41) is 0. The van der Waals surface area contributed by atoms with Gasteiger partial charge in [-0.15, -0.1) is 0 Å². The molecule has 0 aliphatic heterocycles. The molecule has 104 valence electrons. The molecule has 0 saturated heterocycles. The van der Waals surface area contributed by atoms with Crippen LogP contribution in [-0.2, 0) is 13.3 Å². The van der Waals surface area contributed by atoms with E-state index in [2.05, 4.69) is 11.5 Å². The third kappa shape index (κ3) is 3.76. The lowest BCUT2D eigenvalue weighted by Gasteiger charge is -2.28. The first kappa shape index (κ1) is 17.5. The first-order valence-corrected chi connectivity index (χ1v) is 7.65. The average Bonchev–Trinajstić information content (AvgIpc) is 2.41. The Morgan fingerprint density at radius 2 is 1.50 bits per heavy atom. The number of nitrogens with zero attached hydrogens (tertiary/aromatic N) is 1. The van der Waals surface area contributed by atoms with Crippen LogP contribution in [0.3, 0.4) is 0 Å². The van der Waals surface area contributed by atoms with E-state index in [1.807, 2.05) is 30.6 Å². The Hall–Kier alpha value is -0.463. The van der Waals surface area contributed by atoms with Crippen LogP contribution in [0.25, 0.3) is 0 Å². The van der Waals surface area contributed by atoms with Crippen molar-refractivity contribution in [2.24, 2.45) is 0 Å². The fraction of sp³-hybridized carbons (Fsp3) is 0.583. The SMILES string of the molecule is CCCC([n+]1ccccc1)[Si](OC)(OC)OC.[Cl-]. The summed E-state index contributed by atoms with van der Waals surface area (Å²) in [6.45, 7) is 2.15. The smallest absolute Gasteiger partial charge is 0.572 e. The Kier molecular flexibility index (Phi) is 8.38. The van der Waals surface area contributed by atoms with E-state index >= 15 is 0 Å². The molecule has 1 aromatic heterocycles. The summed E-state index contributed by atoms with van der Waals surface area (Å²) in [6.07, 6.45) is 6.08. The predicted octanol–water partition coefficient (Wildman–Crippen LogP) is -1.26. The number of halogens is 1. The van der Waals surface area contributed by atoms with E-state index in [-0.39, 0.29) is 18.1 Å². The average molecular weight is 292 g/mol. The van der Waals surface area contributed by atoms with Gasteiger partial charge in [0, 0.05) is 39.9 Å². The first-order chi connectivity index (χ1) is 8.24. The van der Waals surface area contributed by atoms with Gasteiger partial charge in [-0.25, -0.2) is 0 Å². The van der Waals surface area contributed by atoms with E-state index < -0.39 is 8.80 Å². The van der Waals surface area contributed by atoms with Crippen LogP contribution in [0.5, 0.6) is 0 Å². The van der Waals surface area contributed by atoms with Crippen molar-refractivity contribution in [2.75, 3.05) is 21.3 Å². The molecule has 0 bridgehead atoms. The molecular formula is C12H22ClNO3Si. The number of rotatable bonds is 7. The Bertz CT molecular complexity index is 314. The Morgan fingerprint density at radius 1 is 1.00 bits per heavy atom. The summed E-state index contributed by atoms with van der Waals surface area (Å²) in [6, 6.07) is 6.00. The molecule has 0 spiro atoms. The quantitative estimate of drug-likeness (QED) is 0.464. The van der Waals surface area contributed by atoms with Gasteiger partial charge in [-0.1, -0.05) is 13.0 Å². The standard InChI is InChI=1S/C12H22NO3Si.ClH/c1-5-9-12(13-10-7-6-8-11-13)17(14-2,15-3)16-4;/h6-8,10-12H,5,9H2,1-4H3;1H/q+1;/p-1. The highest BCUT2D eigenvalue weighted by molar-refractivity contribution is 6.60. The molecule has 6 heteroatoms. The maximum atomic E-state index is 5.58. The molecular weight excluding hydrogens is 270 g/mol. The van der Waals surface area contributed by atoms with Crippen molar-refractivity contribution in [1.29, 1.82) is 0 Å². The van der Waals surface area contributed by atoms with Gasteiger partial charge in [0.1, 0.15) is 0 Å². The van der Waals surface area contributed by atoms with E-state index in [0.717, 1.165) is 12.8 Å². The van der Waals surface area contributed by atoms with Crippen LogP contribution in [0.1, 0.15) is 25.4 Å². The van der Waals surface area contributed by atoms with Crippen LogP contribution in [0.4, 0.5) is 0 Å². The van der Waals surface area contributed by atoms with Crippen molar-refractivity contribution in [3.63, 3.8) is 0 Å². The van der Waals surface area contributed by atoms with E-state index in [1.165, 1.54) is 0 Å². The lowest BCUT2D eigenvalue weighted by atomic mass is 10.3. The van der Waals surface area contributed by atoms with E-state index in [9.17, 15) is 0 Å². The molecule has 0 fully saturated rings. The van der Waals surface area contributed by atoms with Crippen molar-refractivity contribution in [3.05, 3.63) is 30.6 Å². The third-order valence-electron chi connectivity index (χ3n) is 2.92. The molecule has 0 radical (unpaired) electrons. The monoisotopic (exact) mass is 291 g/mol. The molecule has 0 amide bonds. The van der Waals surface area contributed by atoms with Gasteiger partial charge in [-0.05, 0) is 6.42 Å².